The van der Waals surface area contributed by atoms with E-state index in [0.717, 1.165) is 0 Å². The van der Waals surface area contributed by atoms with Crippen molar-refractivity contribution in [2.75, 3.05) is 0 Å². The molecule has 0 aliphatic rings. The van der Waals surface area contributed by atoms with Crippen molar-refractivity contribution in [1.29, 1.82) is 0 Å². The Bertz CT molecular complexity index is 523. The Labute approximate surface area is 104 Å². The van der Waals surface area contributed by atoms with E-state index in [9.17, 15) is 20.4 Å². The van der Waals surface area contributed by atoms with Crippen molar-refractivity contribution in [2.24, 2.45) is 0 Å². The predicted molar refractivity (Wildman–Crippen MR) is 66.3 cm³/mol. The summed E-state index contributed by atoms with van der Waals surface area (Å²) in [5, 5.41) is 38.0. The molecule has 0 amide bonds. The minimum atomic E-state index is -1.64. The van der Waals surface area contributed by atoms with E-state index in [2.05, 4.69) is 0 Å². The molecule has 0 bridgehead atoms. The first-order valence-corrected chi connectivity index (χ1v) is 5.52. The van der Waals surface area contributed by atoms with Crippen LogP contribution in [-0.2, 0) is 0 Å². The van der Waals surface area contributed by atoms with E-state index >= 15 is 0 Å². The van der Waals surface area contributed by atoms with Gasteiger partial charge in [-0.3, -0.25) is 0 Å². The molecule has 4 N–H and O–H groups in total. The second-order valence-electron chi connectivity index (χ2n) is 4.05. The fourth-order valence-corrected chi connectivity index (χ4v) is 1.97. The molecule has 2 aromatic rings. The lowest BCUT2D eigenvalue weighted by atomic mass is 9.90. The highest BCUT2D eigenvalue weighted by Crippen LogP contribution is 2.35. The minimum absolute atomic E-state index is 0.0736. The summed E-state index contributed by atoms with van der Waals surface area (Å²) >= 11 is 0. The van der Waals surface area contributed by atoms with Crippen LogP contribution in [0.15, 0.2) is 48.5 Å². The summed E-state index contributed by atoms with van der Waals surface area (Å²) in [5.74, 6) is -1.00. The van der Waals surface area contributed by atoms with Crippen LogP contribution in [0.3, 0.4) is 0 Å². The van der Waals surface area contributed by atoms with Gasteiger partial charge in [0.2, 0.25) is 0 Å². The van der Waals surface area contributed by atoms with Gasteiger partial charge in [-0.05, 0) is 11.6 Å². The molecule has 0 radical (unpaired) electrons. The number of hydrogen-bond acceptors (Lipinski definition) is 4. The Morgan fingerprint density at radius 3 is 2.06 bits per heavy atom. The van der Waals surface area contributed by atoms with E-state index in [1.807, 2.05) is 6.07 Å². The first-order valence-electron chi connectivity index (χ1n) is 5.52. The van der Waals surface area contributed by atoms with Crippen molar-refractivity contribution in [2.45, 2.75) is 12.2 Å². The second-order valence-corrected chi connectivity index (χ2v) is 4.05. The molecule has 4 heteroatoms. The summed E-state index contributed by atoms with van der Waals surface area (Å²) in [6.07, 6.45) is -1.64. The fourth-order valence-electron chi connectivity index (χ4n) is 1.97. The molecule has 1 unspecified atom stereocenters. The normalized spacial score (nSPS) is 12.6. The van der Waals surface area contributed by atoms with Crippen LogP contribution in [0.5, 0.6) is 11.5 Å². The lowest BCUT2D eigenvalue weighted by Crippen LogP contribution is -2.19. The molecule has 2 aromatic carbocycles. The van der Waals surface area contributed by atoms with Gasteiger partial charge in [0.05, 0.1) is 5.92 Å². The second kappa shape index (κ2) is 5.08. The van der Waals surface area contributed by atoms with Gasteiger partial charge in [-0.15, -0.1) is 0 Å². The number of benzene rings is 2. The number of aliphatic hydroxyl groups excluding tert-OH is 1. The lowest BCUT2D eigenvalue weighted by molar-refractivity contribution is -0.0516. The number of aromatic hydroxyl groups is 2. The summed E-state index contributed by atoms with van der Waals surface area (Å²) in [5.41, 5.74) is 1.03. The molecule has 0 aliphatic heterocycles. The zero-order chi connectivity index (χ0) is 13.1. The lowest BCUT2D eigenvalue weighted by Gasteiger charge is -2.20. The summed E-state index contributed by atoms with van der Waals surface area (Å²) in [7, 11) is 0. The zero-order valence-electron chi connectivity index (χ0n) is 9.56. The number of hydrogen-bond donors (Lipinski definition) is 4. The van der Waals surface area contributed by atoms with Gasteiger partial charge in [-0.2, -0.15) is 0 Å². The van der Waals surface area contributed by atoms with Crippen LogP contribution in [0.4, 0.5) is 0 Å². The van der Waals surface area contributed by atoms with Crippen LogP contribution in [0.2, 0.25) is 0 Å². The SMILES string of the molecule is Oc1ccc(C(c2ccccc2)C(O)O)c(O)c1. The largest absolute Gasteiger partial charge is 0.508 e. The first-order chi connectivity index (χ1) is 8.59. The highest BCUT2D eigenvalue weighted by atomic mass is 16.5. The quantitative estimate of drug-likeness (QED) is 0.619. The van der Waals surface area contributed by atoms with Gasteiger partial charge in [0.1, 0.15) is 11.5 Å². The molecule has 0 saturated heterocycles. The Hall–Kier alpha value is -2.04. The summed E-state index contributed by atoms with van der Waals surface area (Å²) < 4.78 is 0. The monoisotopic (exact) mass is 246 g/mol. The highest BCUT2D eigenvalue weighted by Gasteiger charge is 2.24. The van der Waals surface area contributed by atoms with Gasteiger partial charge in [-0.25, -0.2) is 0 Å². The average molecular weight is 246 g/mol. The highest BCUT2D eigenvalue weighted by molar-refractivity contribution is 5.45. The molecule has 0 aliphatic carbocycles. The van der Waals surface area contributed by atoms with E-state index in [1.54, 1.807) is 24.3 Å². The molecule has 4 nitrogen and oxygen atoms in total. The molecule has 0 aromatic heterocycles. The number of phenolic OH excluding ortho intramolecular Hbond substituents is 2. The third kappa shape index (κ3) is 2.45. The van der Waals surface area contributed by atoms with Crippen LogP contribution in [-0.4, -0.2) is 26.7 Å². The molecule has 0 spiro atoms. The van der Waals surface area contributed by atoms with E-state index < -0.39 is 12.2 Å². The topological polar surface area (TPSA) is 80.9 Å². The molecule has 0 fully saturated rings. The Morgan fingerprint density at radius 2 is 1.50 bits per heavy atom. The van der Waals surface area contributed by atoms with Crippen LogP contribution >= 0.6 is 0 Å². The van der Waals surface area contributed by atoms with Crippen molar-refractivity contribution < 1.29 is 20.4 Å². The molecular weight excluding hydrogens is 232 g/mol. The van der Waals surface area contributed by atoms with Gasteiger partial charge in [0.15, 0.2) is 6.29 Å². The summed E-state index contributed by atoms with van der Waals surface area (Å²) in [6, 6.07) is 12.9. The fraction of sp³-hybridized carbons (Fsp3) is 0.143. The van der Waals surface area contributed by atoms with E-state index in [0.29, 0.717) is 11.1 Å². The number of aliphatic hydroxyl groups is 2. The first kappa shape index (κ1) is 12.4. The third-order valence-corrected chi connectivity index (χ3v) is 2.81. The maximum Gasteiger partial charge on any atom is 0.162 e. The molecule has 1 atom stereocenters. The molecule has 94 valence electrons. The van der Waals surface area contributed by atoms with Gasteiger partial charge in [0, 0.05) is 11.6 Å². The van der Waals surface area contributed by atoms with Crippen molar-refractivity contribution in [3.8, 4) is 11.5 Å². The van der Waals surface area contributed by atoms with Crippen LogP contribution in [0.1, 0.15) is 17.0 Å². The van der Waals surface area contributed by atoms with Gasteiger partial charge >= 0.3 is 0 Å². The summed E-state index contributed by atoms with van der Waals surface area (Å²) in [6.45, 7) is 0. The number of phenols is 2. The molecule has 0 heterocycles. The van der Waals surface area contributed by atoms with Crippen molar-refractivity contribution in [1.82, 2.24) is 0 Å². The van der Waals surface area contributed by atoms with E-state index in [4.69, 9.17) is 0 Å². The van der Waals surface area contributed by atoms with Crippen molar-refractivity contribution >= 4 is 0 Å². The Morgan fingerprint density at radius 1 is 0.833 bits per heavy atom. The predicted octanol–water partition coefficient (Wildman–Crippen LogP) is 1.54. The molecule has 2 rings (SSSR count). The zero-order valence-corrected chi connectivity index (χ0v) is 9.56. The maximum absolute atomic E-state index is 9.79. The molecule has 0 saturated carbocycles. The molecular formula is C14H14O4. The van der Waals surface area contributed by atoms with Crippen LogP contribution in [0.25, 0.3) is 0 Å². The van der Waals surface area contributed by atoms with Crippen molar-refractivity contribution in [3.05, 3.63) is 59.7 Å². The minimum Gasteiger partial charge on any atom is -0.508 e. The average Bonchev–Trinajstić information content (AvgIpc) is 2.33. The van der Waals surface area contributed by atoms with Gasteiger partial charge in [0.25, 0.3) is 0 Å². The van der Waals surface area contributed by atoms with Gasteiger partial charge < -0.3 is 20.4 Å². The van der Waals surface area contributed by atoms with Crippen LogP contribution < -0.4 is 0 Å². The van der Waals surface area contributed by atoms with E-state index in [1.165, 1.54) is 18.2 Å². The van der Waals surface area contributed by atoms with E-state index in [-0.39, 0.29) is 11.5 Å². The summed E-state index contributed by atoms with van der Waals surface area (Å²) in [4.78, 5) is 0. The number of rotatable bonds is 3. The molecule has 18 heavy (non-hydrogen) atoms. The Kier molecular flexibility index (Phi) is 3.50. The van der Waals surface area contributed by atoms with Crippen molar-refractivity contribution in [3.63, 3.8) is 0 Å². The standard InChI is InChI=1S/C14H14O4/c15-10-6-7-11(12(16)8-10)13(14(17)18)9-4-2-1-3-5-9/h1-8,13-18H. The van der Waals surface area contributed by atoms with Crippen LogP contribution in [0, 0.1) is 0 Å². The Balaban J connectivity index is 2.49. The maximum atomic E-state index is 9.79. The smallest absolute Gasteiger partial charge is 0.162 e. The third-order valence-electron chi connectivity index (χ3n) is 2.81. The van der Waals surface area contributed by atoms with Gasteiger partial charge in [-0.1, -0.05) is 36.4 Å².